The zero-order chi connectivity index (χ0) is 15.6. The Morgan fingerprint density at radius 2 is 2.24 bits per heavy atom. The largest absolute Gasteiger partial charge is 0.383 e. The number of hydrogen-bond donors (Lipinski definition) is 2. The van der Waals surface area contributed by atoms with E-state index < -0.39 is 10.5 Å². The van der Waals surface area contributed by atoms with Gasteiger partial charge in [-0.2, -0.15) is 0 Å². The molecule has 7 heteroatoms. The molecule has 1 aromatic heterocycles. The van der Waals surface area contributed by atoms with Crippen LogP contribution in [-0.2, 0) is 5.60 Å². The van der Waals surface area contributed by atoms with Gasteiger partial charge in [0, 0.05) is 23.1 Å². The average molecular weight is 327 g/mol. The van der Waals surface area contributed by atoms with Crippen LogP contribution in [0.3, 0.4) is 0 Å². The molecule has 1 unspecified atom stereocenters. The van der Waals surface area contributed by atoms with Crippen molar-refractivity contribution in [1.29, 1.82) is 0 Å². The first-order chi connectivity index (χ1) is 9.81. The lowest BCUT2D eigenvalue weighted by Gasteiger charge is -2.23. The summed E-state index contributed by atoms with van der Waals surface area (Å²) in [5.41, 5.74) is 0.0301. The number of anilines is 1. The Labute approximate surface area is 131 Å². The van der Waals surface area contributed by atoms with Crippen molar-refractivity contribution in [2.75, 3.05) is 11.9 Å². The minimum absolute atomic E-state index is 0.0180. The van der Waals surface area contributed by atoms with Crippen LogP contribution in [0, 0.1) is 17.0 Å². The third-order valence-corrected chi connectivity index (χ3v) is 4.59. The van der Waals surface area contributed by atoms with Crippen molar-refractivity contribution in [3.8, 4) is 0 Å². The van der Waals surface area contributed by atoms with Gasteiger partial charge in [0.15, 0.2) is 0 Å². The number of nitro benzene ring substituents is 1. The maximum atomic E-state index is 10.8. The third-order valence-electron chi connectivity index (χ3n) is 3.16. The second kappa shape index (κ2) is 6.01. The van der Waals surface area contributed by atoms with Gasteiger partial charge in [-0.05, 0) is 31.4 Å². The fraction of sp³-hybridized carbons (Fsp3) is 0.286. The van der Waals surface area contributed by atoms with Crippen molar-refractivity contribution in [1.82, 2.24) is 0 Å². The minimum atomic E-state index is -1.03. The average Bonchev–Trinajstić information content (AvgIpc) is 2.93. The zero-order valence-electron chi connectivity index (χ0n) is 11.6. The number of hydrogen-bond acceptors (Lipinski definition) is 5. The second-order valence-electron chi connectivity index (χ2n) is 4.98. The van der Waals surface area contributed by atoms with Crippen molar-refractivity contribution in [3.05, 3.63) is 55.2 Å². The van der Waals surface area contributed by atoms with Crippen molar-refractivity contribution in [2.45, 2.75) is 19.4 Å². The van der Waals surface area contributed by atoms with Crippen molar-refractivity contribution in [2.24, 2.45) is 0 Å². The summed E-state index contributed by atoms with van der Waals surface area (Å²) in [5.74, 6) is 0. The number of nitrogens with zero attached hydrogens (tertiary/aromatic N) is 1. The fourth-order valence-corrected chi connectivity index (χ4v) is 2.95. The van der Waals surface area contributed by atoms with Crippen molar-refractivity contribution >= 4 is 34.3 Å². The Bertz CT molecular complexity index is 656. The Kier molecular flexibility index (Phi) is 4.51. The smallest absolute Gasteiger partial charge is 0.273 e. The summed E-state index contributed by atoms with van der Waals surface area (Å²) in [6, 6.07) is 6.66. The van der Waals surface area contributed by atoms with Crippen LogP contribution in [0.15, 0.2) is 29.6 Å². The number of halogens is 1. The molecule has 112 valence electrons. The summed E-state index contributed by atoms with van der Waals surface area (Å²) in [4.78, 5) is 11.2. The van der Waals surface area contributed by atoms with Gasteiger partial charge in [-0.15, -0.1) is 11.3 Å². The van der Waals surface area contributed by atoms with Crippen LogP contribution in [0.2, 0.25) is 5.02 Å². The van der Waals surface area contributed by atoms with E-state index in [0.29, 0.717) is 11.3 Å². The van der Waals surface area contributed by atoms with E-state index in [2.05, 4.69) is 5.32 Å². The maximum Gasteiger partial charge on any atom is 0.273 e. The molecule has 5 nitrogen and oxygen atoms in total. The molecule has 2 aromatic rings. The van der Waals surface area contributed by atoms with Crippen LogP contribution in [0.1, 0.15) is 17.4 Å². The summed E-state index contributed by atoms with van der Waals surface area (Å²) >= 11 is 7.52. The van der Waals surface area contributed by atoms with Gasteiger partial charge in [0.05, 0.1) is 15.6 Å². The number of nitro groups is 1. The number of rotatable bonds is 5. The molecule has 0 saturated heterocycles. The standard InChI is InChI=1S/C14H15ClN2O3S/c1-9-6-11(10(15)7-12(9)17(19)20)16-8-14(2,18)13-4-3-5-21-13/h3-7,16,18H,8H2,1-2H3. The number of thiophene rings is 1. The summed E-state index contributed by atoms with van der Waals surface area (Å²) in [6.07, 6.45) is 0. The van der Waals surface area contributed by atoms with E-state index in [1.54, 1.807) is 19.9 Å². The van der Waals surface area contributed by atoms with E-state index in [4.69, 9.17) is 11.6 Å². The molecule has 0 radical (unpaired) electrons. The van der Waals surface area contributed by atoms with Gasteiger partial charge in [0.25, 0.3) is 5.69 Å². The Balaban J connectivity index is 2.17. The highest BCUT2D eigenvalue weighted by Gasteiger charge is 2.24. The van der Waals surface area contributed by atoms with E-state index in [9.17, 15) is 15.2 Å². The molecule has 0 fully saturated rings. The molecule has 21 heavy (non-hydrogen) atoms. The molecule has 0 bridgehead atoms. The highest BCUT2D eigenvalue weighted by atomic mass is 35.5. The molecule has 2 N–H and O–H groups in total. The lowest BCUT2D eigenvalue weighted by atomic mass is 10.0. The van der Waals surface area contributed by atoms with E-state index in [1.165, 1.54) is 17.4 Å². The number of nitrogens with one attached hydrogen (secondary N) is 1. The van der Waals surface area contributed by atoms with Crippen LogP contribution in [0.5, 0.6) is 0 Å². The topological polar surface area (TPSA) is 75.4 Å². The van der Waals surface area contributed by atoms with Gasteiger partial charge >= 0.3 is 0 Å². The SMILES string of the molecule is Cc1cc(NCC(C)(O)c2cccs2)c(Cl)cc1[N+](=O)[O-]. The van der Waals surface area contributed by atoms with Gasteiger partial charge in [-0.3, -0.25) is 10.1 Å². The van der Waals surface area contributed by atoms with Crippen LogP contribution in [-0.4, -0.2) is 16.6 Å². The van der Waals surface area contributed by atoms with Crippen LogP contribution in [0.25, 0.3) is 0 Å². The van der Waals surface area contributed by atoms with Crippen LogP contribution in [0.4, 0.5) is 11.4 Å². The lowest BCUT2D eigenvalue weighted by molar-refractivity contribution is -0.385. The Morgan fingerprint density at radius 1 is 1.52 bits per heavy atom. The summed E-state index contributed by atoms with van der Waals surface area (Å²) in [6.45, 7) is 3.61. The molecule has 1 aromatic carbocycles. The highest BCUT2D eigenvalue weighted by molar-refractivity contribution is 7.10. The van der Waals surface area contributed by atoms with Gasteiger partial charge in [0.2, 0.25) is 0 Å². The molecule has 0 aliphatic carbocycles. The molecule has 0 spiro atoms. The van der Waals surface area contributed by atoms with E-state index >= 15 is 0 Å². The summed E-state index contributed by atoms with van der Waals surface area (Å²) < 4.78 is 0. The third kappa shape index (κ3) is 3.53. The van der Waals surface area contributed by atoms with Gasteiger partial charge in [0.1, 0.15) is 5.60 Å². The second-order valence-corrected chi connectivity index (χ2v) is 6.34. The van der Waals surface area contributed by atoms with Crippen LogP contribution < -0.4 is 5.32 Å². The molecular formula is C14H15ClN2O3S. The lowest BCUT2D eigenvalue weighted by Crippen LogP contribution is -2.29. The Hall–Kier alpha value is -1.63. The first-order valence-electron chi connectivity index (χ1n) is 6.26. The van der Waals surface area contributed by atoms with Crippen LogP contribution >= 0.6 is 22.9 Å². The first kappa shape index (κ1) is 15.8. The fourth-order valence-electron chi connectivity index (χ4n) is 1.94. The molecule has 0 amide bonds. The van der Waals surface area contributed by atoms with Gasteiger partial charge in [-0.1, -0.05) is 17.7 Å². The summed E-state index contributed by atoms with van der Waals surface area (Å²) in [5, 5.41) is 26.5. The van der Waals surface area contributed by atoms with Crippen molar-refractivity contribution < 1.29 is 10.0 Å². The molecule has 0 aliphatic rings. The normalized spacial score (nSPS) is 13.7. The molecular weight excluding hydrogens is 312 g/mol. The van der Waals surface area contributed by atoms with E-state index in [0.717, 1.165) is 4.88 Å². The zero-order valence-corrected chi connectivity index (χ0v) is 13.2. The molecule has 1 atom stereocenters. The monoisotopic (exact) mass is 326 g/mol. The predicted molar refractivity (Wildman–Crippen MR) is 85.2 cm³/mol. The van der Waals surface area contributed by atoms with Gasteiger partial charge < -0.3 is 10.4 Å². The van der Waals surface area contributed by atoms with Crippen molar-refractivity contribution in [3.63, 3.8) is 0 Å². The highest BCUT2D eigenvalue weighted by Crippen LogP contribution is 2.32. The number of aliphatic hydroxyl groups is 1. The molecule has 1 heterocycles. The quantitative estimate of drug-likeness (QED) is 0.644. The van der Waals surface area contributed by atoms with E-state index in [-0.39, 0.29) is 17.3 Å². The Morgan fingerprint density at radius 3 is 2.81 bits per heavy atom. The molecule has 0 saturated carbocycles. The van der Waals surface area contributed by atoms with E-state index in [1.807, 2.05) is 17.5 Å². The molecule has 2 rings (SSSR count). The maximum absolute atomic E-state index is 10.8. The molecule has 0 aliphatic heterocycles. The van der Waals surface area contributed by atoms with Gasteiger partial charge in [-0.25, -0.2) is 0 Å². The first-order valence-corrected chi connectivity index (χ1v) is 7.52. The minimum Gasteiger partial charge on any atom is -0.383 e. The predicted octanol–water partition coefficient (Wildman–Crippen LogP) is 3.94. The number of aryl methyl sites for hydroxylation is 1. The summed E-state index contributed by atoms with van der Waals surface area (Å²) in [7, 11) is 0. The number of benzene rings is 1.